The zero-order valence-electron chi connectivity index (χ0n) is 18.5. The van der Waals surface area contributed by atoms with Gasteiger partial charge in [-0.25, -0.2) is 0 Å². The SMILES string of the molecule is CCOc1ccc2c(c1)C(C)CC(C)(C)N2C(=O)CCc1nc(-c2ccccn2)no1. The first-order valence-corrected chi connectivity index (χ1v) is 10.7. The van der Waals surface area contributed by atoms with Crippen LogP contribution in [0.1, 0.15) is 57.9 Å². The van der Waals surface area contributed by atoms with E-state index in [-0.39, 0.29) is 17.9 Å². The normalized spacial score (nSPS) is 17.3. The van der Waals surface area contributed by atoms with Gasteiger partial charge in [-0.2, -0.15) is 4.98 Å². The van der Waals surface area contributed by atoms with E-state index in [0.717, 1.165) is 23.4 Å². The number of amides is 1. The van der Waals surface area contributed by atoms with Crippen LogP contribution in [-0.4, -0.2) is 33.2 Å². The van der Waals surface area contributed by atoms with Gasteiger partial charge in [0.2, 0.25) is 17.6 Å². The smallest absolute Gasteiger partial charge is 0.228 e. The Bertz CT molecular complexity index is 1060. The number of nitrogens with zero attached hydrogens (tertiary/aromatic N) is 4. The van der Waals surface area contributed by atoms with Gasteiger partial charge in [-0.1, -0.05) is 18.1 Å². The van der Waals surface area contributed by atoms with Crippen LogP contribution >= 0.6 is 0 Å². The van der Waals surface area contributed by atoms with Crippen molar-refractivity contribution in [2.24, 2.45) is 0 Å². The van der Waals surface area contributed by atoms with Crippen LogP contribution in [0, 0.1) is 0 Å². The lowest BCUT2D eigenvalue weighted by Crippen LogP contribution is -2.51. The maximum absolute atomic E-state index is 13.3. The Morgan fingerprint density at radius 3 is 2.87 bits per heavy atom. The number of benzene rings is 1. The van der Waals surface area contributed by atoms with Crippen molar-refractivity contribution in [1.29, 1.82) is 0 Å². The lowest BCUT2D eigenvalue weighted by molar-refractivity contribution is -0.119. The van der Waals surface area contributed by atoms with Gasteiger partial charge in [0.1, 0.15) is 11.4 Å². The summed E-state index contributed by atoms with van der Waals surface area (Å²) < 4.78 is 11.0. The summed E-state index contributed by atoms with van der Waals surface area (Å²) in [5.41, 5.74) is 2.46. The molecule has 7 heteroatoms. The Kier molecular flexibility index (Phi) is 5.76. The van der Waals surface area contributed by atoms with Gasteiger partial charge < -0.3 is 14.2 Å². The fraction of sp³-hybridized carbons (Fsp3) is 0.417. The second kappa shape index (κ2) is 8.49. The standard InChI is InChI=1S/C24H28N4O3/c1-5-30-17-9-10-20-18(14-17)16(2)15-24(3,4)28(20)22(29)12-11-21-26-23(27-31-21)19-8-6-7-13-25-19/h6-10,13-14,16H,5,11-12,15H2,1-4H3. The van der Waals surface area contributed by atoms with Crippen LogP contribution in [0.15, 0.2) is 47.1 Å². The quantitative estimate of drug-likeness (QED) is 0.571. The Morgan fingerprint density at radius 2 is 2.13 bits per heavy atom. The van der Waals surface area contributed by atoms with Gasteiger partial charge in [-0.15, -0.1) is 0 Å². The van der Waals surface area contributed by atoms with Crippen LogP contribution in [0.25, 0.3) is 11.5 Å². The molecule has 1 atom stereocenters. The molecule has 0 N–H and O–H groups in total. The molecule has 0 bridgehead atoms. The van der Waals surface area contributed by atoms with Crippen molar-refractivity contribution in [2.75, 3.05) is 11.5 Å². The number of rotatable bonds is 6. The van der Waals surface area contributed by atoms with E-state index in [4.69, 9.17) is 9.26 Å². The van der Waals surface area contributed by atoms with Crippen LogP contribution in [0.2, 0.25) is 0 Å². The van der Waals surface area contributed by atoms with Crippen LogP contribution in [0.4, 0.5) is 5.69 Å². The van der Waals surface area contributed by atoms with Crippen LogP contribution < -0.4 is 9.64 Å². The summed E-state index contributed by atoms with van der Waals surface area (Å²) in [7, 11) is 0. The Morgan fingerprint density at radius 1 is 1.29 bits per heavy atom. The maximum Gasteiger partial charge on any atom is 0.228 e. The lowest BCUT2D eigenvalue weighted by Gasteiger charge is -2.46. The monoisotopic (exact) mass is 420 g/mol. The maximum atomic E-state index is 13.3. The van der Waals surface area contributed by atoms with Gasteiger partial charge in [-0.3, -0.25) is 9.78 Å². The summed E-state index contributed by atoms with van der Waals surface area (Å²) in [5.74, 6) is 2.09. The molecule has 1 aliphatic rings. The van der Waals surface area contributed by atoms with E-state index in [1.54, 1.807) is 6.20 Å². The predicted molar refractivity (Wildman–Crippen MR) is 118 cm³/mol. The third kappa shape index (κ3) is 4.31. The topological polar surface area (TPSA) is 81.4 Å². The van der Waals surface area contributed by atoms with Gasteiger partial charge in [0, 0.05) is 30.3 Å². The number of ether oxygens (including phenoxy) is 1. The van der Waals surface area contributed by atoms with E-state index in [9.17, 15) is 4.79 Å². The van der Waals surface area contributed by atoms with Crippen molar-refractivity contribution in [2.45, 2.75) is 58.4 Å². The molecule has 1 unspecified atom stereocenters. The molecule has 0 aliphatic carbocycles. The molecule has 4 rings (SSSR count). The highest BCUT2D eigenvalue weighted by molar-refractivity contribution is 5.96. The first-order chi connectivity index (χ1) is 14.9. The summed E-state index contributed by atoms with van der Waals surface area (Å²) in [6, 6.07) is 11.5. The Balaban J connectivity index is 1.53. The van der Waals surface area contributed by atoms with Gasteiger partial charge in [-0.05, 0) is 69.0 Å². The number of carbonyl (C=O) groups excluding carboxylic acids is 1. The molecule has 2 aromatic heterocycles. The minimum atomic E-state index is -0.287. The van der Waals surface area contributed by atoms with Gasteiger partial charge in [0.15, 0.2) is 0 Å². The first kappa shape index (κ1) is 21.0. The van der Waals surface area contributed by atoms with E-state index in [1.165, 1.54) is 0 Å². The fourth-order valence-electron chi connectivity index (χ4n) is 4.42. The van der Waals surface area contributed by atoms with Crippen molar-refractivity contribution in [1.82, 2.24) is 15.1 Å². The highest BCUT2D eigenvalue weighted by Crippen LogP contribution is 2.45. The van der Waals surface area contributed by atoms with E-state index in [1.807, 2.05) is 42.2 Å². The second-order valence-corrected chi connectivity index (χ2v) is 8.53. The van der Waals surface area contributed by atoms with E-state index in [0.29, 0.717) is 36.4 Å². The summed E-state index contributed by atoms with van der Waals surface area (Å²) in [4.78, 5) is 23.9. The molecule has 1 amide bonds. The molecule has 0 saturated carbocycles. The van der Waals surface area contributed by atoms with Crippen LogP contribution in [-0.2, 0) is 11.2 Å². The average molecular weight is 421 g/mol. The van der Waals surface area contributed by atoms with Crippen molar-refractivity contribution < 1.29 is 14.1 Å². The number of hydrogen-bond donors (Lipinski definition) is 0. The number of aryl methyl sites for hydroxylation is 1. The summed E-state index contributed by atoms with van der Waals surface area (Å²) in [6.45, 7) is 9.03. The molecule has 1 aromatic carbocycles. The molecular formula is C24H28N4O3. The zero-order chi connectivity index (χ0) is 22.0. The van der Waals surface area contributed by atoms with Gasteiger partial charge >= 0.3 is 0 Å². The molecule has 0 radical (unpaired) electrons. The molecular weight excluding hydrogens is 392 g/mol. The van der Waals surface area contributed by atoms with Crippen molar-refractivity contribution >= 4 is 11.6 Å². The van der Waals surface area contributed by atoms with E-state index in [2.05, 4.69) is 42.0 Å². The van der Waals surface area contributed by atoms with Gasteiger partial charge in [0.05, 0.1) is 6.61 Å². The Labute approximate surface area is 182 Å². The average Bonchev–Trinajstić information content (AvgIpc) is 3.22. The fourth-order valence-corrected chi connectivity index (χ4v) is 4.42. The lowest BCUT2D eigenvalue weighted by atomic mass is 9.79. The van der Waals surface area contributed by atoms with Crippen LogP contribution in [0.3, 0.4) is 0 Å². The molecule has 7 nitrogen and oxygen atoms in total. The summed E-state index contributed by atoms with van der Waals surface area (Å²) in [5, 5.41) is 3.99. The Hall–Kier alpha value is -3.22. The number of carbonyl (C=O) groups is 1. The second-order valence-electron chi connectivity index (χ2n) is 8.53. The molecule has 3 heterocycles. The summed E-state index contributed by atoms with van der Waals surface area (Å²) in [6.07, 6.45) is 3.23. The van der Waals surface area contributed by atoms with Gasteiger partial charge in [0.25, 0.3) is 0 Å². The molecule has 3 aromatic rings. The first-order valence-electron chi connectivity index (χ1n) is 10.7. The van der Waals surface area contributed by atoms with E-state index >= 15 is 0 Å². The zero-order valence-corrected chi connectivity index (χ0v) is 18.5. The summed E-state index contributed by atoms with van der Waals surface area (Å²) >= 11 is 0. The van der Waals surface area contributed by atoms with Crippen molar-refractivity contribution in [3.63, 3.8) is 0 Å². The third-order valence-corrected chi connectivity index (χ3v) is 5.66. The largest absolute Gasteiger partial charge is 0.494 e. The number of fused-ring (bicyclic) bond motifs is 1. The predicted octanol–water partition coefficient (Wildman–Crippen LogP) is 4.78. The molecule has 31 heavy (non-hydrogen) atoms. The number of hydrogen-bond acceptors (Lipinski definition) is 6. The van der Waals surface area contributed by atoms with E-state index < -0.39 is 0 Å². The number of aromatic nitrogens is 3. The molecule has 0 saturated heterocycles. The highest BCUT2D eigenvalue weighted by Gasteiger charge is 2.39. The minimum Gasteiger partial charge on any atom is -0.494 e. The van der Waals surface area contributed by atoms with Crippen LogP contribution in [0.5, 0.6) is 5.75 Å². The number of pyridine rings is 1. The highest BCUT2D eigenvalue weighted by atomic mass is 16.5. The van der Waals surface area contributed by atoms with Crippen molar-refractivity contribution in [3.05, 3.63) is 54.0 Å². The molecule has 1 aliphatic heterocycles. The number of anilines is 1. The minimum absolute atomic E-state index is 0.0416. The molecule has 0 spiro atoms. The molecule has 0 fully saturated rings. The molecule has 162 valence electrons. The third-order valence-electron chi connectivity index (χ3n) is 5.66. The van der Waals surface area contributed by atoms with Crippen molar-refractivity contribution in [3.8, 4) is 17.3 Å².